The molecule has 1 N–H and O–H groups in total. The first kappa shape index (κ1) is 21.8. The summed E-state index contributed by atoms with van der Waals surface area (Å²) in [6.07, 6.45) is 0.664. The fourth-order valence-corrected chi connectivity index (χ4v) is 4.16. The SMILES string of the molecule is Cc1ccc(-n2c(Cc3ccccc3)nnc2SCC(=O)Nc2ccc(C)c(C)c2)cc1. The quantitative estimate of drug-likeness (QED) is 0.383. The molecule has 0 atom stereocenters. The lowest BCUT2D eigenvalue weighted by atomic mass is 10.1. The van der Waals surface area contributed by atoms with Crippen LogP contribution in [0.5, 0.6) is 0 Å². The summed E-state index contributed by atoms with van der Waals surface area (Å²) < 4.78 is 2.04. The second-order valence-electron chi connectivity index (χ2n) is 7.87. The summed E-state index contributed by atoms with van der Waals surface area (Å²) in [6.45, 7) is 6.16. The highest BCUT2D eigenvalue weighted by Gasteiger charge is 2.16. The van der Waals surface area contributed by atoms with Crippen molar-refractivity contribution in [2.24, 2.45) is 0 Å². The molecule has 32 heavy (non-hydrogen) atoms. The number of rotatable bonds is 7. The zero-order valence-electron chi connectivity index (χ0n) is 18.5. The number of thioether (sulfide) groups is 1. The van der Waals surface area contributed by atoms with Crippen LogP contribution in [0.3, 0.4) is 0 Å². The first-order valence-corrected chi connectivity index (χ1v) is 11.5. The normalized spacial score (nSPS) is 10.8. The van der Waals surface area contributed by atoms with E-state index in [9.17, 15) is 4.79 Å². The van der Waals surface area contributed by atoms with Crippen molar-refractivity contribution in [1.82, 2.24) is 14.8 Å². The van der Waals surface area contributed by atoms with E-state index in [0.717, 1.165) is 28.3 Å². The van der Waals surface area contributed by atoms with Crippen molar-refractivity contribution in [2.75, 3.05) is 11.1 Å². The number of carbonyl (C=O) groups is 1. The van der Waals surface area contributed by atoms with Crippen molar-refractivity contribution in [3.63, 3.8) is 0 Å². The Balaban J connectivity index is 1.54. The fraction of sp³-hybridized carbons (Fsp3) is 0.192. The Hall–Kier alpha value is -3.38. The summed E-state index contributed by atoms with van der Waals surface area (Å²) in [7, 11) is 0. The van der Waals surface area contributed by atoms with Gasteiger partial charge >= 0.3 is 0 Å². The molecule has 0 fully saturated rings. The summed E-state index contributed by atoms with van der Waals surface area (Å²) in [5.41, 5.74) is 6.51. The standard InChI is InChI=1S/C26H26N4OS/c1-18-9-13-23(14-10-18)30-24(16-21-7-5-4-6-8-21)28-29-26(30)32-17-25(31)27-22-12-11-19(2)20(3)15-22/h4-15H,16-17H2,1-3H3,(H,27,31). The Morgan fingerprint density at radius 2 is 1.66 bits per heavy atom. The number of anilines is 1. The summed E-state index contributed by atoms with van der Waals surface area (Å²) in [5.74, 6) is 1.03. The van der Waals surface area contributed by atoms with Crippen molar-refractivity contribution >= 4 is 23.4 Å². The molecular weight excluding hydrogens is 416 g/mol. The van der Waals surface area contributed by atoms with Gasteiger partial charge in [0.15, 0.2) is 5.16 Å². The van der Waals surface area contributed by atoms with Crippen LogP contribution in [0.15, 0.2) is 78.0 Å². The minimum atomic E-state index is -0.0682. The van der Waals surface area contributed by atoms with E-state index in [1.165, 1.54) is 22.9 Å². The van der Waals surface area contributed by atoms with Gasteiger partial charge in [-0.3, -0.25) is 9.36 Å². The van der Waals surface area contributed by atoms with Gasteiger partial charge in [-0.15, -0.1) is 10.2 Å². The highest BCUT2D eigenvalue weighted by Crippen LogP contribution is 2.24. The molecule has 0 saturated carbocycles. The van der Waals surface area contributed by atoms with E-state index in [-0.39, 0.29) is 11.7 Å². The molecule has 0 aliphatic rings. The maximum absolute atomic E-state index is 12.6. The Labute approximate surface area is 192 Å². The van der Waals surface area contributed by atoms with Gasteiger partial charge in [-0.1, -0.05) is 65.9 Å². The number of aryl methyl sites for hydroxylation is 3. The molecule has 0 spiro atoms. The van der Waals surface area contributed by atoms with Crippen molar-refractivity contribution in [2.45, 2.75) is 32.3 Å². The number of hydrogen-bond donors (Lipinski definition) is 1. The van der Waals surface area contributed by atoms with Crippen LogP contribution < -0.4 is 5.32 Å². The van der Waals surface area contributed by atoms with Crippen LogP contribution in [-0.4, -0.2) is 26.4 Å². The molecule has 1 heterocycles. The van der Waals surface area contributed by atoms with Crippen molar-refractivity contribution in [3.8, 4) is 5.69 Å². The van der Waals surface area contributed by atoms with E-state index >= 15 is 0 Å². The number of hydrogen-bond acceptors (Lipinski definition) is 4. The van der Waals surface area contributed by atoms with Gasteiger partial charge in [0.05, 0.1) is 5.75 Å². The lowest BCUT2D eigenvalue weighted by molar-refractivity contribution is -0.113. The topological polar surface area (TPSA) is 59.8 Å². The molecule has 1 aromatic heterocycles. The predicted molar refractivity (Wildman–Crippen MR) is 131 cm³/mol. The number of aromatic nitrogens is 3. The van der Waals surface area contributed by atoms with Gasteiger partial charge in [0.25, 0.3) is 0 Å². The molecule has 0 saturated heterocycles. The monoisotopic (exact) mass is 442 g/mol. The van der Waals surface area contributed by atoms with Gasteiger partial charge in [0, 0.05) is 17.8 Å². The average molecular weight is 443 g/mol. The number of carbonyl (C=O) groups excluding carboxylic acids is 1. The van der Waals surface area contributed by atoms with Gasteiger partial charge in [0.1, 0.15) is 5.82 Å². The second-order valence-corrected chi connectivity index (χ2v) is 8.81. The third-order valence-electron chi connectivity index (χ3n) is 5.32. The molecule has 0 aliphatic heterocycles. The van der Waals surface area contributed by atoms with Crippen LogP contribution in [0, 0.1) is 20.8 Å². The van der Waals surface area contributed by atoms with Crippen molar-refractivity contribution in [1.29, 1.82) is 0 Å². The Morgan fingerprint density at radius 1 is 0.906 bits per heavy atom. The van der Waals surface area contributed by atoms with Crippen LogP contribution in [0.25, 0.3) is 5.69 Å². The molecule has 162 valence electrons. The number of amides is 1. The fourth-order valence-electron chi connectivity index (χ4n) is 3.39. The smallest absolute Gasteiger partial charge is 0.234 e. The molecule has 5 nitrogen and oxygen atoms in total. The number of benzene rings is 3. The van der Waals surface area contributed by atoms with E-state index in [1.54, 1.807) is 0 Å². The Bertz CT molecular complexity index is 1220. The van der Waals surface area contributed by atoms with E-state index in [0.29, 0.717) is 11.6 Å². The van der Waals surface area contributed by atoms with Crippen molar-refractivity contribution < 1.29 is 4.79 Å². The number of nitrogens with zero attached hydrogens (tertiary/aromatic N) is 3. The highest BCUT2D eigenvalue weighted by molar-refractivity contribution is 7.99. The Kier molecular flexibility index (Phi) is 6.71. The largest absolute Gasteiger partial charge is 0.325 e. The van der Waals surface area contributed by atoms with E-state index < -0.39 is 0 Å². The van der Waals surface area contributed by atoms with Crippen LogP contribution >= 0.6 is 11.8 Å². The molecular formula is C26H26N4OS. The average Bonchev–Trinajstić information content (AvgIpc) is 3.18. The summed E-state index contributed by atoms with van der Waals surface area (Å²) in [6, 6.07) is 24.4. The van der Waals surface area contributed by atoms with Gasteiger partial charge in [-0.25, -0.2) is 0 Å². The maximum Gasteiger partial charge on any atom is 0.234 e. The van der Waals surface area contributed by atoms with Crippen LogP contribution in [0.1, 0.15) is 28.1 Å². The Morgan fingerprint density at radius 3 is 2.38 bits per heavy atom. The second kappa shape index (κ2) is 9.83. The summed E-state index contributed by atoms with van der Waals surface area (Å²) in [5, 5.41) is 12.5. The first-order chi connectivity index (χ1) is 15.5. The van der Waals surface area contributed by atoms with Crippen molar-refractivity contribution in [3.05, 3.63) is 101 Å². The lowest BCUT2D eigenvalue weighted by Gasteiger charge is -2.11. The molecule has 1 amide bonds. The highest BCUT2D eigenvalue weighted by atomic mass is 32.2. The molecule has 0 unspecified atom stereocenters. The van der Waals surface area contributed by atoms with Crippen LogP contribution in [0.2, 0.25) is 0 Å². The zero-order valence-corrected chi connectivity index (χ0v) is 19.3. The number of nitrogens with one attached hydrogen (secondary N) is 1. The van der Waals surface area contributed by atoms with Gasteiger partial charge in [-0.05, 0) is 61.7 Å². The molecule has 0 bridgehead atoms. The third kappa shape index (κ3) is 5.26. The maximum atomic E-state index is 12.6. The minimum absolute atomic E-state index is 0.0682. The molecule has 0 aliphatic carbocycles. The molecule has 3 aromatic carbocycles. The third-order valence-corrected chi connectivity index (χ3v) is 6.25. The van der Waals surface area contributed by atoms with Gasteiger partial charge in [0.2, 0.25) is 5.91 Å². The van der Waals surface area contributed by atoms with Gasteiger partial charge < -0.3 is 5.32 Å². The summed E-state index contributed by atoms with van der Waals surface area (Å²) >= 11 is 1.39. The van der Waals surface area contributed by atoms with E-state index in [4.69, 9.17) is 0 Å². The zero-order chi connectivity index (χ0) is 22.5. The first-order valence-electron chi connectivity index (χ1n) is 10.5. The van der Waals surface area contributed by atoms with E-state index in [1.807, 2.05) is 47.9 Å². The molecule has 0 radical (unpaired) electrons. The van der Waals surface area contributed by atoms with E-state index in [2.05, 4.69) is 65.8 Å². The lowest BCUT2D eigenvalue weighted by Crippen LogP contribution is -2.15. The van der Waals surface area contributed by atoms with Crippen LogP contribution in [0.4, 0.5) is 5.69 Å². The van der Waals surface area contributed by atoms with Gasteiger partial charge in [-0.2, -0.15) is 0 Å². The molecule has 4 rings (SSSR count). The summed E-state index contributed by atoms with van der Waals surface area (Å²) in [4.78, 5) is 12.6. The minimum Gasteiger partial charge on any atom is -0.325 e. The molecule has 6 heteroatoms. The predicted octanol–water partition coefficient (Wildman–Crippen LogP) is 5.51. The van der Waals surface area contributed by atoms with Crippen LogP contribution in [-0.2, 0) is 11.2 Å². The molecule has 4 aromatic rings.